The van der Waals surface area contributed by atoms with Gasteiger partial charge in [0.1, 0.15) is 11.6 Å². The number of rotatable bonds is 3. The summed E-state index contributed by atoms with van der Waals surface area (Å²) in [6.07, 6.45) is 0. The number of hydrogen-bond acceptors (Lipinski definition) is 1. The molecule has 94 valence electrons. The molecule has 0 fully saturated rings. The van der Waals surface area contributed by atoms with Crippen LogP contribution in [0.4, 0.5) is 14.5 Å². The second-order valence-electron chi connectivity index (χ2n) is 3.73. The third-order valence-corrected chi connectivity index (χ3v) is 3.01. The lowest BCUT2D eigenvalue weighted by Gasteiger charge is -2.09. The van der Waals surface area contributed by atoms with Gasteiger partial charge in [-0.25, -0.2) is 8.78 Å². The lowest BCUT2D eigenvalue weighted by molar-refractivity contribution is 0.627. The van der Waals surface area contributed by atoms with Gasteiger partial charge in [0.15, 0.2) is 0 Å². The summed E-state index contributed by atoms with van der Waals surface area (Å²) in [5.41, 5.74) is 1.26. The standard InChI is InChI=1S/C13H9Cl2F2N/c14-10-3-2-9(16)6-13(10)18-7-8-1-4-12(17)11(15)5-8/h1-6,18H,7H2. The van der Waals surface area contributed by atoms with E-state index in [1.807, 2.05) is 0 Å². The van der Waals surface area contributed by atoms with E-state index in [2.05, 4.69) is 5.32 Å². The number of nitrogens with one attached hydrogen (secondary N) is 1. The van der Waals surface area contributed by atoms with Crippen LogP contribution in [0.2, 0.25) is 10.0 Å². The minimum Gasteiger partial charge on any atom is -0.380 e. The normalized spacial score (nSPS) is 10.4. The maximum absolute atomic E-state index is 13.0. The molecule has 1 N–H and O–H groups in total. The first-order valence-electron chi connectivity index (χ1n) is 5.19. The molecule has 0 heterocycles. The van der Waals surface area contributed by atoms with Crippen molar-refractivity contribution in [3.8, 4) is 0 Å². The summed E-state index contributed by atoms with van der Waals surface area (Å²) in [5, 5.41) is 3.44. The molecule has 5 heteroatoms. The first-order chi connectivity index (χ1) is 8.56. The quantitative estimate of drug-likeness (QED) is 0.848. The van der Waals surface area contributed by atoms with E-state index >= 15 is 0 Å². The summed E-state index contributed by atoms with van der Waals surface area (Å²) in [7, 11) is 0. The van der Waals surface area contributed by atoms with Crippen LogP contribution in [0, 0.1) is 11.6 Å². The van der Waals surface area contributed by atoms with Gasteiger partial charge in [0.05, 0.1) is 15.7 Å². The van der Waals surface area contributed by atoms with E-state index in [1.165, 1.54) is 30.3 Å². The second kappa shape index (κ2) is 5.55. The van der Waals surface area contributed by atoms with E-state index in [1.54, 1.807) is 6.07 Å². The zero-order valence-corrected chi connectivity index (χ0v) is 10.7. The van der Waals surface area contributed by atoms with E-state index in [4.69, 9.17) is 23.2 Å². The lowest BCUT2D eigenvalue weighted by Crippen LogP contribution is -2.00. The van der Waals surface area contributed by atoms with E-state index in [9.17, 15) is 8.78 Å². The van der Waals surface area contributed by atoms with Crippen molar-refractivity contribution in [2.24, 2.45) is 0 Å². The minimum atomic E-state index is -0.468. The molecule has 0 aliphatic carbocycles. The van der Waals surface area contributed by atoms with Crippen LogP contribution in [0.3, 0.4) is 0 Å². The molecule has 1 nitrogen and oxygen atoms in total. The molecule has 0 bridgehead atoms. The number of anilines is 1. The molecule has 0 aliphatic heterocycles. The van der Waals surface area contributed by atoms with E-state index < -0.39 is 5.82 Å². The molecule has 0 atom stereocenters. The van der Waals surface area contributed by atoms with E-state index in [0.717, 1.165) is 5.56 Å². The average molecular weight is 288 g/mol. The maximum atomic E-state index is 13.0. The van der Waals surface area contributed by atoms with Crippen LogP contribution in [0.5, 0.6) is 0 Å². The van der Waals surface area contributed by atoms with Crippen molar-refractivity contribution < 1.29 is 8.78 Å². The van der Waals surface area contributed by atoms with E-state index in [-0.39, 0.29) is 10.8 Å². The van der Waals surface area contributed by atoms with Crippen molar-refractivity contribution in [1.82, 2.24) is 0 Å². The van der Waals surface area contributed by atoms with Crippen molar-refractivity contribution in [3.63, 3.8) is 0 Å². The molecule has 0 amide bonds. The Morgan fingerprint density at radius 2 is 1.72 bits per heavy atom. The molecular weight excluding hydrogens is 279 g/mol. The monoisotopic (exact) mass is 287 g/mol. The molecule has 0 saturated carbocycles. The molecule has 2 rings (SSSR count). The second-order valence-corrected chi connectivity index (χ2v) is 4.54. The Morgan fingerprint density at radius 3 is 2.44 bits per heavy atom. The predicted molar refractivity (Wildman–Crippen MR) is 70.1 cm³/mol. The van der Waals surface area contributed by atoms with Gasteiger partial charge in [-0.15, -0.1) is 0 Å². The molecular formula is C13H9Cl2F2N. The van der Waals surface area contributed by atoms with Crippen molar-refractivity contribution in [2.45, 2.75) is 6.54 Å². The molecule has 0 radical (unpaired) electrons. The van der Waals surface area contributed by atoms with Crippen LogP contribution in [-0.2, 0) is 6.54 Å². The number of halogens is 4. The molecule has 2 aromatic rings. The Morgan fingerprint density at radius 1 is 0.944 bits per heavy atom. The molecule has 0 spiro atoms. The Hall–Kier alpha value is -1.32. The summed E-state index contributed by atoms with van der Waals surface area (Å²) in [4.78, 5) is 0. The van der Waals surface area contributed by atoms with Gasteiger partial charge in [0, 0.05) is 6.54 Å². The Kier molecular flexibility index (Phi) is 4.04. The van der Waals surface area contributed by atoms with Gasteiger partial charge < -0.3 is 5.32 Å². The summed E-state index contributed by atoms with van der Waals surface area (Å²) < 4.78 is 26.0. The number of hydrogen-bond donors (Lipinski definition) is 1. The third kappa shape index (κ3) is 3.12. The van der Waals surface area contributed by atoms with Gasteiger partial charge in [-0.2, -0.15) is 0 Å². The van der Waals surface area contributed by atoms with Gasteiger partial charge in [-0.3, -0.25) is 0 Å². The molecule has 0 aromatic heterocycles. The van der Waals surface area contributed by atoms with Crippen LogP contribution in [-0.4, -0.2) is 0 Å². The minimum absolute atomic E-state index is 0.0552. The third-order valence-electron chi connectivity index (χ3n) is 2.40. The van der Waals surface area contributed by atoms with Gasteiger partial charge in [0.25, 0.3) is 0 Å². The van der Waals surface area contributed by atoms with Crippen LogP contribution >= 0.6 is 23.2 Å². The average Bonchev–Trinajstić information content (AvgIpc) is 2.34. The van der Waals surface area contributed by atoms with Gasteiger partial charge in [-0.1, -0.05) is 29.3 Å². The van der Waals surface area contributed by atoms with Gasteiger partial charge in [0.2, 0.25) is 0 Å². The van der Waals surface area contributed by atoms with Crippen molar-refractivity contribution in [2.75, 3.05) is 5.32 Å². The molecule has 0 unspecified atom stereocenters. The van der Waals surface area contributed by atoms with Crippen LogP contribution in [0.1, 0.15) is 5.56 Å². The van der Waals surface area contributed by atoms with Crippen LogP contribution < -0.4 is 5.32 Å². The highest BCUT2D eigenvalue weighted by molar-refractivity contribution is 6.33. The van der Waals surface area contributed by atoms with Gasteiger partial charge >= 0.3 is 0 Å². The summed E-state index contributed by atoms with van der Waals surface area (Å²) in [6.45, 7) is 0.378. The summed E-state index contributed by atoms with van der Waals surface area (Å²) in [6, 6.07) is 8.44. The topological polar surface area (TPSA) is 12.0 Å². The molecule has 2 aromatic carbocycles. The summed E-state index contributed by atoms with van der Waals surface area (Å²) in [5.74, 6) is -0.844. The van der Waals surface area contributed by atoms with Crippen molar-refractivity contribution >= 4 is 28.9 Å². The largest absolute Gasteiger partial charge is 0.380 e. The lowest BCUT2D eigenvalue weighted by atomic mass is 10.2. The van der Waals surface area contributed by atoms with Crippen molar-refractivity contribution in [1.29, 1.82) is 0 Å². The highest BCUT2D eigenvalue weighted by Crippen LogP contribution is 2.23. The van der Waals surface area contributed by atoms with E-state index in [0.29, 0.717) is 17.3 Å². The van der Waals surface area contributed by atoms with Crippen LogP contribution in [0.15, 0.2) is 36.4 Å². The molecule has 0 aliphatic rings. The van der Waals surface area contributed by atoms with Gasteiger partial charge in [-0.05, 0) is 35.9 Å². The predicted octanol–water partition coefficient (Wildman–Crippen LogP) is 4.88. The van der Waals surface area contributed by atoms with Crippen LogP contribution in [0.25, 0.3) is 0 Å². The zero-order chi connectivity index (χ0) is 13.1. The fourth-order valence-corrected chi connectivity index (χ4v) is 1.87. The highest BCUT2D eigenvalue weighted by atomic mass is 35.5. The Bertz CT molecular complexity index is 573. The molecule has 18 heavy (non-hydrogen) atoms. The fraction of sp³-hybridized carbons (Fsp3) is 0.0769. The Labute approximate surface area is 113 Å². The number of benzene rings is 2. The zero-order valence-electron chi connectivity index (χ0n) is 9.18. The molecule has 0 saturated heterocycles. The fourth-order valence-electron chi connectivity index (χ4n) is 1.48. The first-order valence-corrected chi connectivity index (χ1v) is 5.95. The van der Waals surface area contributed by atoms with Crippen molar-refractivity contribution in [3.05, 3.63) is 63.6 Å². The Balaban J connectivity index is 2.11. The smallest absolute Gasteiger partial charge is 0.141 e. The highest BCUT2D eigenvalue weighted by Gasteiger charge is 2.04. The first kappa shape index (κ1) is 13.1. The summed E-state index contributed by atoms with van der Waals surface area (Å²) >= 11 is 11.6. The SMILES string of the molecule is Fc1ccc(Cl)c(NCc2ccc(F)c(Cl)c2)c1. The maximum Gasteiger partial charge on any atom is 0.141 e.